The molecule has 1 aromatic heterocycles. The van der Waals surface area contributed by atoms with Crippen molar-refractivity contribution >= 4 is 12.1 Å². The second kappa shape index (κ2) is 5.25. The van der Waals surface area contributed by atoms with Gasteiger partial charge in [-0.3, -0.25) is 9.58 Å². The van der Waals surface area contributed by atoms with Gasteiger partial charge in [-0.15, -0.1) is 0 Å². The molecule has 2 heterocycles. The molecule has 2 aliphatic rings. The zero-order chi connectivity index (χ0) is 16.9. The third kappa shape index (κ3) is 2.48. The number of fused-ring (bicyclic) bond motifs is 5. The number of hydrogen-bond acceptors (Lipinski definition) is 5. The first kappa shape index (κ1) is 15.8. The van der Waals surface area contributed by atoms with Gasteiger partial charge in [-0.25, -0.2) is 9.59 Å². The lowest BCUT2D eigenvalue weighted by molar-refractivity contribution is -0.149. The fourth-order valence-corrected chi connectivity index (χ4v) is 3.63. The van der Waals surface area contributed by atoms with E-state index in [1.165, 1.54) is 4.90 Å². The minimum atomic E-state index is -0.633. The number of amides is 1. The lowest BCUT2D eigenvalue weighted by Crippen LogP contribution is -2.48. The third-order valence-electron chi connectivity index (χ3n) is 4.36. The smallest absolute Gasteiger partial charge is 0.411 e. The molecule has 7 heteroatoms. The molecule has 0 spiro atoms. The molecule has 1 aliphatic heterocycles. The third-order valence-corrected chi connectivity index (χ3v) is 4.36. The fraction of sp³-hybridized carbons (Fsp3) is 0.688. The van der Waals surface area contributed by atoms with E-state index in [1.54, 1.807) is 17.8 Å². The first-order valence-electron chi connectivity index (χ1n) is 7.94. The van der Waals surface area contributed by atoms with Crippen LogP contribution in [0.2, 0.25) is 0 Å². The molecule has 3 atom stereocenters. The van der Waals surface area contributed by atoms with E-state index in [-0.39, 0.29) is 24.5 Å². The van der Waals surface area contributed by atoms with Crippen LogP contribution < -0.4 is 0 Å². The topological polar surface area (TPSA) is 73.7 Å². The highest BCUT2D eigenvalue weighted by atomic mass is 16.6. The van der Waals surface area contributed by atoms with E-state index in [9.17, 15) is 9.59 Å². The van der Waals surface area contributed by atoms with Crippen LogP contribution in [0.4, 0.5) is 4.79 Å². The average molecular weight is 321 g/mol. The molecular formula is C16H23N3O4. The molecule has 0 saturated carbocycles. The Balaban J connectivity index is 1.97. The number of carbonyl (C=O) groups is 2. The second-order valence-electron chi connectivity index (χ2n) is 7.05. The van der Waals surface area contributed by atoms with Gasteiger partial charge in [0.2, 0.25) is 0 Å². The van der Waals surface area contributed by atoms with Crippen LogP contribution >= 0.6 is 0 Å². The number of carbonyl (C=O) groups excluding carboxylic acids is 2. The van der Waals surface area contributed by atoms with Crippen LogP contribution in [0, 0.1) is 0 Å². The Morgan fingerprint density at radius 2 is 2.09 bits per heavy atom. The van der Waals surface area contributed by atoms with Gasteiger partial charge in [-0.05, 0) is 34.1 Å². The van der Waals surface area contributed by atoms with Gasteiger partial charge >= 0.3 is 12.1 Å². The normalized spacial score (nSPS) is 25.4. The number of hydrogen-bond donors (Lipinski definition) is 0. The highest BCUT2D eigenvalue weighted by molar-refractivity contribution is 5.85. The van der Waals surface area contributed by atoms with E-state index in [4.69, 9.17) is 9.47 Å². The maximum Gasteiger partial charge on any atom is 0.411 e. The average Bonchev–Trinajstić information content (AvgIpc) is 3.07. The Bertz CT molecular complexity index is 646. The minimum Gasteiger partial charge on any atom is -0.464 e. The van der Waals surface area contributed by atoms with Gasteiger partial charge in [0, 0.05) is 18.5 Å². The molecular weight excluding hydrogens is 298 g/mol. The number of likely N-dealkylation sites (tertiary alicyclic amines) is 1. The van der Waals surface area contributed by atoms with Crippen molar-refractivity contribution in [2.45, 2.75) is 57.7 Å². The van der Waals surface area contributed by atoms with Gasteiger partial charge in [-0.1, -0.05) is 0 Å². The van der Waals surface area contributed by atoms with E-state index >= 15 is 0 Å². The molecule has 23 heavy (non-hydrogen) atoms. The first-order valence-corrected chi connectivity index (χ1v) is 7.94. The molecule has 1 aliphatic carbocycles. The van der Waals surface area contributed by atoms with Crippen molar-refractivity contribution in [2.24, 2.45) is 7.05 Å². The summed E-state index contributed by atoms with van der Waals surface area (Å²) in [6, 6.07) is -0.821. The summed E-state index contributed by atoms with van der Waals surface area (Å²) in [6.07, 6.45) is 2.03. The number of nitrogens with zero attached hydrogens (tertiary/aromatic N) is 3. The van der Waals surface area contributed by atoms with Crippen LogP contribution in [0.5, 0.6) is 0 Å². The second-order valence-corrected chi connectivity index (χ2v) is 7.05. The molecule has 1 saturated heterocycles. The summed E-state index contributed by atoms with van der Waals surface area (Å²) < 4.78 is 12.5. The number of esters is 1. The Hall–Kier alpha value is -2.05. The maximum absolute atomic E-state index is 12.7. The zero-order valence-corrected chi connectivity index (χ0v) is 14.2. The highest BCUT2D eigenvalue weighted by Crippen LogP contribution is 2.54. The molecule has 0 unspecified atom stereocenters. The van der Waals surface area contributed by atoms with Gasteiger partial charge in [0.05, 0.1) is 24.5 Å². The van der Waals surface area contributed by atoms with Gasteiger partial charge in [0.25, 0.3) is 0 Å². The Kier molecular flexibility index (Phi) is 3.61. The molecule has 1 amide bonds. The van der Waals surface area contributed by atoms with E-state index in [2.05, 4.69) is 5.10 Å². The lowest BCUT2D eigenvalue weighted by atomic mass is 9.96. The Morgan fingerprint density at radius 3 is 2.70 bits per heavy atom. The largest absolute Gasteiger partial charge is 0.464 e. The van der Waals surface area contributed by atoms with Crippen LogP contribution in [0.3, 0.4) is 0 Å². The van der Waals surface area contributed by atoms with Gasteiger partial charge in [0.1, 0.15) is 11.6 Å². The fourth-order valence-electron chi connectivity index (χ4n) is 3.63. The monoisotopic (exact) mass is 321 g/mol. The minimum absolute atomic E-state index is 0.0738. The van der Waals surface area contributed by atoms with Crippen molar-refractivity contribution in [2.75, 3.05) is 6.61 Å². The van der Waals surface area contributed by atoms with E-state index in [1.807, 2.05) is 27.8 Å². The van der Waals surface area contributed by atoms with Crippen molar-refractivity contribution < 1.29 is 19.1 Å². The summed E-state index contributed by atoms with van der Waals surface area (Å²) in [6.45, 7) is 7.49. The molecule has 126 valence electrons. The molecule has 2 bridgehead atoms. The predicted molar refractivity (Wildman–Crippen MR) is 81.8 cm³/mol. The summed E-state index contributed by atoms with van der Waals surface area (Å²) in [4.78, 5) is 26.7. The van der Waals surface area contributed by atoms with Crippen LogP contribution in [0.15, 0.2) is 6.20 Å². The summed E-state index contributed by atoms with van der Waals surface area (Å²) in [7, 11) is 1.85. The summed E-state index contributed by atoms with van der Waals surface area (Å²) in [5, 5.41) is 4.27. The van der Waals surface area contributed by atoms with Gasteiger partial charge in [-0.2, -0.15) is 5.10 Å². The summed E-state index contributed by atoms with van der Waals surface area (Å²) in [5.74, 6) is -0.448. The van der Waals surface area contributed by atoms with E-state index in [0.717, 1.165) is 11.3 Å². The number of aryl methyl sites for hydroxylation is 1. The zero-order valence-electron chi connectivity index (χ0n) is 14.2. The van der Waals surface area contributed by atoms with E-state index < -0.39 is 17.7 Å². The van der Waals surface area contributed by atoms with Crippen molar-refractivity contribution in [1.29, 1.82) is 0 Å². The quantitative estimate of drug-likeness (QED) is 0.780. The highest BCUT2D eigenvalue weighted by Gasteiger charge is 2.57. The number of aromatic nitrogens is 2. The van der Waals surface area contributed by atoms with Gasteiger partial charge < -0.3 is 9.47 Å². The van der Waals surface area contributed by atoms with Crippen molar-refractivity contribution in [3.8, 4) is 0 Å². The SMILES string of the molecule is CCOC(=O)[C@@H]1[C@H]2C[C@H](c3c2cnn3C)N1C(=O)OC(C)(C)C. The Morgan fingerprint density at radius 1 is 1.39 bits per heavy atom. The van der Waals surface area contributed by atoms with Crippen LogP contribution in [-0.4, -0.2) is 45.0 Å². The molecule has 0 radical (unpaired) electrons. The molecule has 1 aromatic rings. The molecule has 0 N–H and O–H groups in total. The van der Waals surface area contributed by atoms with E-state index in [0.29, 0.717) is 6.42 Å². The molecule has 1 fully saturated rings. The number of ether oxygens (including phenoxy) is 2. The predicted octanol–water partition coefficient (Wildman–Crippen LogP) is 2.13. The number of rotatable bonds is 2. The van der Waals surface area contributed by atoms with Crippen molar-refractivity contribution in [3.63, 3.8) is 0 Å². The lowest BCUT2D eigenvalue weighted by Gasteiger charge is -2.35. The van der Waals surface area contributed by atoms with Gasteiger partial charge in [0.15, 0.2) is 0 Å². The first-order chi connectivity index (χ1) is 10.7. The van der Waals surface area contributed by atoms with Crippen LogP contribution in [0.1, 0.15) is 57.3 Å². The molecule has 7 nitrogen and oxygen atoms in total. The molecule has 0 aromatic carbocycles. The van der Waals surface area contributed by atoms with Crippen LogP contribution in [-0.2, 0) is 21.3 Å². The standard InChI is InChI=1S/C16H23N3O4/c1-6-22-14(20)13-9-7-11(12-10(9)8-17-18(12)5)19(13)15(21)23-16(2,3)4/h8-9,11,13H,6-7H2,1-5H3/t9-,11+,13-/m0/s1. The maximum atomic E-state index is 12.7. The van der Waals surface area contributed by atoms with Crippen LogP contribution in [0.25, 0.3) is 0 Å². The van der Waals surface area contributed by atoms with Crippen molar-refractivity contribution in [3.05, 3.63) is 17.5 Å². The molecule has 3 rings (SSSR count). The van der Waals surface area contributed by atoms with Crippen molar-refractivity contribution in [1.82, 2.24) is 14.7 Å². The summed E-state index contributed by atoms with van der Waals surface area (Å²) in [5.41, 5.74) is 1.41. The summed E-state index contributed by atoms with van der Waals surface area (Å²) >= 11 is 0. The Labute approximate surface area is 135 Å².